The third-order valence-corrected chi connectivity index (χ3v) is 3.26. The van der Waals surface area contributed by atoms with Crippen molar-refractivity contribution in [1.29, 1.82) is 0 Å². The zero-order valence-electron chi connectivity index (χ0n) is 9.69. The lowest BCUT2D eigenvalue weighted by atomic mass is 10.1. The van der Waals surface area contributed by atoms with Gasteiger partial charge in [0.15, 0.2) is 6.29 Å². The van der Waals surface area contributed by atoms with Crippen LogP contribution in [0.4, 0.5) is 5.69 Å². The first-order valence-electron chi connectivity index (χ1n) is 6.21. The Labute approximate surface area is 97.3 Å². The molecule has 1 heterocycles. The summed E-state index contributed by atoms with van der Waals surface area (Å²) >= 11 is 0. The Bertz CT molecular complexity index is 340. The summed E-state index contributed by atoms with van der Waals surface area (Å²) in [5.74, 6) is 0. The molecule has 0 unspecified atom stereocenters. The van der Waals surface area contributed by atoms with Gasteiger partial charge >= 0.3 is 0 Å². The van der Waals surface area contributed by atoms with E-state index in [4.69, 9.17) is 0 Å². The Kier molecular flexibility index (Phi) is 3.97. The molecule has 0 amide bonds. The van der Waals surface area contributed by atoms with E-state index in [1.54, 1.807) is 0 Å². The van der Waals surface area contributed by atoms with Crippen LogP contribution in [-0.4, -0.2) is 19.4 Å². The minimum Gasteiger partial charge on any atom is -0.371 e. The maximum absolute atomic E-state index is 11.0. The van der Waals surface area contributed by atoms with Crippen LogP contribution in [0.2, 0.25) is 0 Å². The van der Waals surface area contributed by atoms with Gasteiger partial charge in [0.2, 0.25) is 0 Å². The van der Waals surface area contributed by atoms with Crippen molar-refractivity contribution in [2.45, 2.75) is 32.1 Å². The zero-order chi connectivity index (χ0) is 11.2. The van der Waals surface area contributed by atoms with Gasteiger partial charge in [-0.1, -0.05) is 31.4 Å². The molecule has 1 saturated heterocycles. The molecule has 1 fully saturated rings. The summed E-state index contributed by atoms with van der Waals surface area (Å²) < 4.78 is 0. The number of hydrogen-bond donors (Lipinski definition) is 0. The van der Waals surface area contributed by atoms with Gasteiger partial charge in [0, 0.05) is 24.3 Å². The van der Waals surface area contributed by atoms with Gasteiger partial charge in [-0.05, 0) is 25.0 Å². The van der Waals surface area contributed by atoms with E-state index in [1.807, 2.05) is 18.2 Å². The molecule has 16 heavy (non-hydrogen) atoms. The number of para-hydroxylation sites is 1. The number of benzene rings is 1. The van der Waals surface area contributed by atoms with Crippen molar-refractivity contribution in [1.82, 2.24) is 0 Å². The second-order valence-corrected chi connectivity index (χ2v) is 4.43. The van der Waals surface area contributed by atoms with Crippen LogP contribution in [0.25, 0.3) is 0 Å². The van der Waals surface area contributed by atoms with Crippen LogP contribution in [0.3, 0.4) is 0 Å². The van der Waals surface area contributed by atoms with Crippen LogP contribution in [0.15, 0.2) is 24.3 Å². The number of nitrogens with zero attached hydrogens (tertiary/aromatic N) is 1. The van der Waals surface area contributed by atoms with Gasteiger partial charge in [-0.2, -0.15) is 0 Å². The van der Waals surface area contributed by atoms with Crippen molar-refractivity contribution >= 4 is 12.0 Å². The maximum Gasteiger partial charge on any atom is 0.152 e. The van der Waals surface area contributed by atoms with Crippen LogP contribution in [-0.2, 0) is 0 Å². The lowest BCUT2D eigenvalue weighted by Gasteiger charge is -2.27. The normalized spacial score (nSPS) is 17.6. The molecule has 86 valence electrons. The molecule has 1 aliphatic rings. The Morgan fingerprint density at radius 2 is 1.56 bits per heavy atom. The molecule has 2 heteroatoms. The van der Waals surface area contributed by atoms with E-state index in [0.29, 0.717) is 0 Å². The van der Waals surface area contributed by atoms with Crippen LogP contribution in [0.1, 0.15) is 42.5 Å². The number of anilines is 1. The number of carbonyl (C=O) groups excluding carboxylic acids is 1. The van der Waals surface area contributed by atoms with Crippen molar-refractivity contribution in [3.63, 3.8) is 0 Å². The Morgan fingerprint density at radius 3 is 2.25 bits per heavy atom. The molecule has 0 N–H and O–H groups in total. The van der Waals surface area contributed by atoms with Crippen molar-refractivity contribution in [2.24, 2.45) is 0 Å². The molecule has 0 bridgehead atoms. The van der Waals surface area contributed by atoms with Crippen molar-refractivity contribution in [2.75, 3.05) is 18.0 Å². The number of hydrogen-bond acceptors (Lipinski definition) is 2. The summed E-state index contributed by atoms with van der Waals surface area (Å²) in [6, 6.07) is 7.91. The second kappa shape index (κ2) is 5.69. The number of rotatable bonds is 2. The van der Waals surface area contributed by atoms with Crippen molar-refractivity contribution in [3.8, 4) is 0 Å². The Hall–Kier alpha value is -1.31. The van der Waals surface area contributed by atoms with E-state index < -0.39 is 0 Å². The van der Waals surface area contributed by atoms with Gasteiger partial charge in [0.05, 0.1) is 0 Å². The average molecular weight is 217 g/mol. The fraction of sp³-hybridized carbons (Fsp3) is 0.500. The highest BCUT2D eigenvalue weighted by Crippen LogP contribution is 2.22. The fourth-order valence-electron chi connectivity index (χ4n) is 2.36. The summed E-state index contributed by atoms with van der Waals surface area (Å²) in [6.07, 6.45) is 7.46. The first-order chi connectivity index (χ1) is 7.92. The highest BCUT2D eigenvalue weighted by atomic mass is 16.1. The molecule has 2 nitrogen and oxygen atoms in total. The first kappa shape index (κ1) is 11.2. The number of carbonyl (C=O) groups is 1. The summed E-state index contributed by atoms with van der Waals surface area (Å²) in [6.45, 7) is 2.18. The molecule has 0 atom stereocenters. The molecule has 0 aliphatic carbocycles. The molecule has 1 aromatic carbocycles. The van der Waals surface area contributed by atoms with E-state index in [0.717, 1.165) is 30.6 Å². The highest BCUT2D eigenvalue weighted by molar-refractivity contribution is 5.84. The summed E-state index contributed by atoms with van der Waals surface area (Å²) in [5.41, 5.74) is 1.93. The smallest absolute Gasteiger partial charge is 0.152 e. The van der Waals surface area contributed by atoms with Crippen LogP contribution in [0.5, 0.6) is 0 Å². The number of aldehydes is 1. The van der Waals surface area contributed by atoms with Crippen LogP contribution in [0, 0.1) is 0 Å². The van der Waals surface area contributed by atoms with E-state index in [1.165, 1.54) is 32.1 Å². The molecule has 2 rings (SSSR count). The standard InChI is InChI=1S/C14H19NO/c16-12-13-8-4-5-9-14(13)15-10-6-2-1-3-7-11-15/h4-5,8-9,12H,1-3,6-7,10-11H2. The van der Waals surface area contributed by atoms with Gasteiger partial charge < -0.3 is 4.90 Å². The monoisotopic (exact) mass is 217 g/mol. The second-order valence-electron chi connectivity index (χ2n) is 4.43. The maximum atomic E-state index is 11.0. The quantitative estimate of drug-likeness (QED) is 0.709. The lowest BCUT2D eigenvalue weighted by molar-refractivity contribution is 0.112. The van der Waals surface area contributed by atoms with Gasteiger partial charge in [-0.25, -0.2) is 0 Å². The average Bonchev–Trinajstić information content (AvgIpc) is 2.29. The molecule has 1 aliphatic heterocycles. The SMILES string of the molecule is O=Cc1ccccc1N1CCCCCCC1. The fourth-order valence-corrected chi connectivity index (χ4v) is 2.36. The Morgan fingerprint density at radius 1 is 0.938 bits per heavy atom. The van der Waals surface area contributed by atoms with E-state index in [2.05, 4.69) is 11.0 Å². The predicted octanol–water partition coefficient (Wildman–Crippen LogP) is 3.27. The van der Waals surface area contributed by atoms with E-state index in [-0.39, 0.29) is 0 Å². The molecule has 1 aromatic rings. The van der Waals surface area contributed by atoms with Gasteiger partial charge in [-0.3, -0.25) is 4.79 Å². The van der Waals surface area contributed by atoms with Gasteiger partial charge in [0.25, 0.3) is 0 Å². The van der Waals surface area contributed by atoms with Crippen LogP contribution < -0.4 is 4.90 Å². The topological polar surface area (TPSA) is 20.3 Å². The third kappa shape index (κ3) is 2.63. The summed E-state index contributed by atoms with van der Waals surface area (Å²) in [7, 11) is 0. The minimum atomic E-state index is 0.822. The zero-order valence-corrected chi connectivity index (χ0v) is 9.69. The van der Waals surface area contributed by atoms with E-state index >= 15 is 0 Å². The Balaban J connectivity index is 2.16. The van der Waals surface area contributed by atoms with Crippen molar-refractivity contribution < 1.29 is 4.79 Å². The molecule has 0 aromatic heterocycles. The van der Waals surface area contributed by atoms with E-state index in [9.17, 15) is 4.79 Å². The van der Waals surface area contributed by atoms with Gasteiger partial charge in [0.1, 0.15) is 0 Å². The predicted molar refractivity (Wildman–Crippen MR) is 67.1 cm³/mol. The highest BCUT2D eigenvalue weighted by Gasteiger charge is 2.11. The van der Waals surface area contributed by atoms with Gasteiger partial charge in [-0.15, -0.1) is 0 Å². The first-order valence-corrected chi connectivity index (χ1v) is 6.21. The largest absolute Gasteiger partial charge is 0.371 e. The third-order valence-electron chi connectivity index (χ3n) is 3.26. The molecule has 0 radical (unpaired) electrons. The van der Waals surface area contributed by atoms with Crippen molar-refractivity contribution in [3.05, 3.63) is 29.8 Å². The molecular formula is C14H19NO. The summed E-state index contributed by atoms with van der Waals surface area (Å²) in [5, 5.41) is 0. The summed E-state index contributed by atoms with van der Waals surface area (Å²) in [4.78, 5) is 13.4. The molecular weight excluding hydrogens is 198 g/mol. The molecule has 0 spiro atoms. The molecule has 0 saturated carbocycles. The lowest BCUT2D eigenvalue weighted by Crippen LogP contribution is -2.27. The van der Waals surface area contributed by atoms with Crippen LogP contribution >= 0.6 is 0 Å². The minimum absolute atomic E-state index is 0.822.